The highest BCUT2D eigenvalue weighted by molar-refractivity contribution is 5.30. The summed E-state index contributed by atoms with van der Waals surface area (Å²) in [6.07, 6.45) is -0.295. The van der Waals surface area contributed by atoms with Gasteiger partial charge >= 0.3 is 0 Å². The van der Waals surface area contributed by atoms with Crippen LogP contribution in [0, 0.1) is 11.6 Å². The topological polar surface area (TPSA) is 9.23 Å². The average Bonchev–Trinajstić information content (AvgIpc) is 2.39. The molecule has 0 spiro atoms. The van der Waals surface area contributed by atoms with E-state index in [0.717, 1.165) is 11.1 Å². The Morgan fingerprint density at radius 1 is 0.833 bits per heavy atom. The molecular weight excluding hydrogens is 234 g/mol. The van der Waals surface area contributed by atoms with Crippen molar-refractivity contribution in [3.05, 3.63) is 71.3 Å². The van der Waals surface area contributed by atoms with Crippen LogP contribution in [0.4, 0.5) is 8.78 Å². The normalized spacial score (nSPS) is 10.9. The molecule has 0 N–H and O–H groups in total. The first-order valence-corrected chi connectivity index (χ1v) is 5.83. The number of rotatable bonds is 4. The third-order valence-electron chi connectivity index (χ3n) is 2.68. The standard InChI is InChI=1S/C15H14F2O/c1-2-18-15(11-3-7-13(16)8-4-11)12-5-9-14(17)10-6-12/h3-10,15H,2H2,1H3. The molecule has 0 atom stereocenters. The first kappa shape index (κ1) is 12.7. The molecular formula is C15H14F2O. The maximum absolute atomic E-state index is 12.9. The smallest absolute Gasteiger partial charge is 0.123 e. The van der Waals surface area contributed by atoms with Crippen molar-refractivity contribution in [2.75, 3.05) is 6.61 Å². The molecule has 0 saturated carbocycles. The predicted molar refractivity (Wildman–Crippen MR) is 66.3 cm³/mol. The summed E-state index contributed by atoms with van der Waals surface area (Å²) in [5.41, 5.74) is 1.70. The lowest BCUT2D eigenvalue weighted by Gasteiger charge is -2.18. The molecule has 0 saturated heterocycles. The number of ether oxygens (including phenoxy) is 1. The van der Waals surface area contributed by atoms with Crippen LogP contribution in [0.2, 0.25) is 0 Å². The van der Waals surface area contributed by atoms with Crippen molar-refractivity contribution in [2.45, 2.75) is 13.0 Å². The maximum Gasteiger partial charge on any atom is 0.123 e. The Bertz CT molecular complexity index is 445. The second kappa shape index (κ2) is 5.74. The summed E-state index contributed by atoms with van der Waals surface area (Å²) in [6, 6.07) is 12.3. The minimum atomic E-state index is -0.295. The molecule has 0 aliphatic carbocycles. The molecule has 2 rings (SSSR count). The first-order valence-electron chi connectivity index (χ1n) is 5.83. The van der Waals surface area contributed by atoms with Crippen molar-refractivity contribution in [2.24, 2.45) is 0 Å². The van der Waals surface area contributed by atoms with Crippen molar-refractivity contribution in [3.63, 3.8) is 0 Å². The van der Waals surface area contributed by atoms with Crippen LogP contribution in [-0.2, 0) is 4.74 Å². The second-order valence-electron chi connectivity index (χ2n) is 3.94. The molecule has 0 aliphatic heterocycles. The minimum Gasteiger partial charge on any atom is -0.369 e. The summed E-state index contributed by atoms with van der Waals surface area (Å²) in [7, 11) is 0. The van der Waals surface area contributed by atoms with Gasteiger partial charge < -0.3 is 4.74 Å². The van der Waals surface area contributed by atoms with E-state index < -0.39 is 0 Å². The van der Waals surface area contributed by atoms with Crippen molar-refractivity contribution in [3.8, 4) is 0 Å². The van der Waals surface area contributed by atoms with Crippen LogP contribution >= 0.6 is 0 Å². The van der Waals surface area contributed by atoms with Gasteiger partial charge in [0.2, 0.25) is 0 Å². The molecule has 0 aromatic heterocycles. The summed E-state index contributed by atoms with van der Waals surface area (Å²) in [4.78, 5) is 0. The van der Waals surface area contributed by atoms with Crippen molar-refractivity contribution in [1.82, 2.24) is 0 Å². The Hall–Kier alpha value is -1.74. The van der Waals surface area contributed by atoms with Gasteiger partial charge in [0.25, 0.3) is 0 Å². The van der Waals surface area contributed by atoms with Crippen molar-refractivity contribution in [1.29, 1.82) is 0 Å². The van der Waals surface area contributed by atoms with Gasteiger partial charge in [-0.1, -0.05) is 24.3 Å². The lowest BCUT2D eigenvalue weighted by atomic mass is 10.0. The van der Waals surface area contributed by atoms with Gasteiger partial charge in [-0.05, 0) is 42.3 Å². The van der Waals surface area contributed by atoms with Crippen LogP contribution in [0.25, 0.3) is 0 Å². The Morgan fingerprint density at radius 2 is 1.22 bits per heavy atom. The quantitative estimate of drug-likeness (QED) is 0.791. The lowest BCUT2D eigenvalue weighted by Crippen LogP contribution is -2.06. The molecule has 18 heavy (non-hydrogen) atoms. The van der Waals surface area contributed by atoms with Gasteiger partial charge in [0.1, 0.15) is 17.7 Å². The molecule has 0 unspecified atom stereocenters. The number of hydrogen-bond acceptors (Lipinski definition) is 1. The number of halogens is 2. The Balaban J connectivity index is 2.33. The monoisotopic (exact) mass is 248 g/mol. The fourth-order valence-electron chi connectivity index (χ4n) is 1.83. The largest absolute Gasteiger partial charge is 0.369 e. The molecule has 1 nitrogen and oxygen atoms in total. The molecule has 0 bridgehead atoms. The molecule has 3 heteroatoms. The van der Waals surface area contributed by atoms with E-state index in [9.17, 15) is 8.78 Å². The van der Waals surface area contributed by atoms with Crippen LogP contribution in [0.3, 0.4) is 0 Å². The van der Waals surface area contributed by atoms with E-state index in [1.807, 2.05) is 6.92 Å². The summed E-state index contributed by atoms with van der Waals surface area (Å²) in [5, 5.41) is 0. The van der Waals surface area contributed by atoms with Gasteiger partial charge in [-0.15, -0.1) is 0 Å². The van der Waals surface area contributed by atoms with Crippen LogP contribution in [0.15, 0.2) is 48.5 Å². The SMILES string of the molecule is CCOC(c1ccc(F)cc1)c1ccc(F)cc1. The zero-order valence-electron chi connectivity index (χ0n) is 10.1. The van der Waals surface area contributed by atoms with Gasteiger partial charge in [0.05, 0.1) is 0 Å². The van der Waals surface area contributed by atoms with Crippen molar-refractivity contribution >= 4 is 0 Å². The molecule has 94 valence electrons. The van der Waals surface area contributed by atoms with Crippen LogP contribution in [-0.4, -0.2) is 6.61 Å². The average molecular weight is 248 g/mol. The molecule has 0 heterocycles. The molecule has 0 radical (unpaired) electrons. The predicted octanol–water partition coefficient (Wildman–Crippen LogP) is 4.09. The van der Waals surface area contributed by atoms with E-state index in [1.54, 1.807) is 24.3 Å². The van der Waals surface area contributed by atoms with E-state index in [0.29, 0.717) is 6.61 Å². The van der Waals surface area contributed by atoms with Gasteiger partial charge in [-0.3, -0.25) is 0 Å². The molecule has 0 fully saturated rings. The number of hydrogen-bond donors (Lipinski definition) is 0. The fraction of sp³-hybridized carbons (Fsp3) is 0.200. The van der Waals surface area contributed by atoms with Crippen molar-refractivity contribution < 1.29 is 13.5 Å². The Labute approximate surface area is 105 Å². The van der Waals surface area contributed by atoms with E-state index in [1.165, 1.54) is 24.3 Å². The fourth-order valence-corrected chi connectivity index (χ4v) is 1.83. The van der Waals surface area contributed by atoms with E-state index in [-0.39, 0.29) is 17.7 Å². The third-order valence-corrected chi connectivity index (χ3v) is 2.68. The van der Waals surface area contributed by atoms with Crippen LogP contribution in [0.1, 0.15) is 24.2 Å². The van der Waals surface area contributed by atoms with Gasteiger partial charge in [-0.25, -0.2) is 8.78 Å². The zero-order chi connectivity index (χ0) is 13.0. The van der Waals surface area contributed by atoms with E-state index >= 15 is 0 Å². The highest BCUT2D eigenvalue weighted by atomic mass is 19.1. The molecule has 2 aromatic carbocycles. The minimum absolute atomic E-state index is 0.284. The summed E-state index contributed by atoms with van der Waals surface area (Å²) < 4.78 is 31.5. The van der Waals surface area contributed by atoms with Crippen LogP contribution in [0.5, 0.6) is 0 Å². The Kier molecular flexibility index (Phi) is 4.05. The second-order valence-corrected chi connectivity index (χ2v) is 3.94. The summed E-state index contributed by atoms with van der Waals surface area (Å²) in [6.45, 7) is 2.42. The maximum atomic E-state index is 12.9. The van der Waals surface area contributed by atoms with Crippen LogP contribution < -0.4 is 0 Å². The van der Waals surface area contributed by atoms with Gasteiger partial charge in [0, 0.05) is 6.61 Å². The third kappa shape index (κ3) is 2.93. The van der Waals surface area contributed by atoms with E-state index in [4.69, 9.17) is 4.74 Å². The molecule has 2 aromatic rings. The van der Waals surface area contributed by atoms with Gasteiger partial charge in [-0.2, -0.15) is 0 Å². The summed E-state index contributed by atoms with van der Waals surface area (Å²) in [5.74, 6) is -0.568. The Morgan fingerprint density at radius 3 is 1.56 bits per heavy atom. The molecule has 0 aliphatic rings. The number of benzene rings is 2. The highest BCUT2D eigenvalue weighted by Gasteiger charge is 2.14. The lowest BCUT2D eigenvalue weighted by molar-refractivity contribution is 0.0912. The zero-order valence-corrected chi connectivity index (χ0v) is 10.1. The van der Waals surface area contributed by atoms with Gasteiger partial charge in [0.15, 0.2) is 0 Å². The molecule has 0 amide bonds. The highest BCUT2D eigenvalue weighted by Crippen LogP contribution is 2.26. The summed E-state index contributed by atoms with van der Waals surface area (Å²) >= 11 is 0. The first-order chi connectivity index (χ1) is 8.70. The van der Waals surface area contributed by atoms with E-state index in [2.05, 4.69) is 0 Å².